The Labute approximate surface area is 179 Å². The van der Waals surface area contributed by atoms with E-state index in [4.69, 9.17) is 9.47 Å². The summed E-state index contributed by atoms with van der Waals surface area (Å²) in [6, 6.07) is 7.40. The molecular weight excluding hydrogens is 471 g/mol. The van der Waals surface area contributed by atoms with Crippen LogP contribution in [-0.4, -0.2) is 44.5 Å². The van der Waals surface area contributed by atoms with Crippen LogP contribution >= 0.6 is 22.6 Å². The highest BCUT2D eigenvalue weighted by Gasteiger charge is 2.21. The van der Waals surface area contributed by atoms with Crippen LogP contribution in [0.4, 0.5) is 5.69 Å². The Morgan fingerprint density at radius 3 is 2.07 bits per heavy atom. The van der Waals surface area contributed by atoms with Crippen LogP contribution in [0.2, 0.25) is 0 Å². The second kappa shape index (κ2) is 9.27. The molecule has 6 nitrogen and oxygen atoms in total. The minimum absolute atomic E-state index is 0.0595. The zero-order chi connectivity index (χ0) is 21.0. The minimum Gasteiger partial charge on any atom is -0.493 e. The summed E-state index contributed by atoms with van der Waals surface area (Å²) >= 11 is 2.07. The quantitative estimate of drug-likeness (QED) is 0.616. The van der Waals surface area contributed by atoms with Crippen molar-refractivity contribution in [2.75, 3.05) is 33.1 Å². The van der Waals surface area contributed by atoms with Crippen LogP contribution in [-0.2, 0) is 4.79 Å². The van der Waals surface area contributed by atoms with Gasteiger partial charge in [0.2, 0.25) is 5.91 Å². The van der Waals surface area contributed by atoms with Gasteiger partial charge in [-0.1, -0.05) is 17.7 Å². The summed E-state index contributed by atoms with van der Waals surface area (Å²) in [4.78, 5) is 26.7. The van der Waals surface area contributed by atoms with Gasteiger partial charge in [0.25, 0.3) is 5.91 Å². The van der Waals surface area contributed by atoms with Crippen molar-refractivity contribution in [3.63, 3.8) is 0 Å². The number of rotatable bonds is 6. The van der Waals surface area contributed by atoms with Crippen LogP contribution in [0.15, 0.2) is 24.3 Å². The predicted molar refractivity (Wildman–Crippen MR) is 119 cm³/mol. The first kappa shape index (κ1) is 22.0. The van der Waals surface area contributed by atoms with Crippen molar-refractivity contribution >= 4 is 40.1 Å². The number of likely N-dealkylation sites (N-methyl/N-ethyl adjacent to an activating group) is 1. The maximum absolute atomic E-state index is 12.8. The smallest absolute Gasteiger partial charge is 0.255 e. The van der Waals surface area contributed by atoms with Gasteiger partial charge in [0.05, 0.1) is 26.3 Å². The first-order valence-electron chi connectivity index (χ1n) is 8.72. The van der Waals surface area contributed by atoms with Crippen molar-refractivity contribution < 1.29 is 19.1 Å². The van der Waals surface area contributed by atoms with Crippen LogP contribution in [0.3, 0.4) is 0 Å². The average molecular weight is 496 g/mol. The van der Waals surface area contributed by atoms with Gasteiger partial charge in [-0.05, 0) is 66.6 Å². The van der Waals surface area contributed by atoms with Gasteiger partial charge < -0.3 is 19.7 Å². The number of hydrogen-bond acceptors (Lipinski definition) is 4. The van der Waals surface area contributed by atoms with Gasteiger partial charge >= 0.3 is 0 Å². The maximum Gasteiger partial charge on any atom is 0.255 e. The van der Waals surface area contributed by atoms with E-state index in [1.54, 1.807) is 26.3 Å². The van der Waals surface area contributed by atoms with E-state index in [2.05, 4.69) is 27.9 Å². The van der Waals surface area contributed by atoms with Crippen LogP contribution in [0.25, 0.3) is 0 Å². The lowest BCUT2D eigenvalue weighted by atomic mass is 10.1. The molecule has 0 spiro atoms. The highest BCUT2D eigenvalue weighted by molar-refractivity contribution is 14.1. The van der Waals surface area contributed by atoms with E-state index < -0.39 is 0 Å². The second-order valence-electron chi connectivity index (χ2n) is 6.67. The van der Waals surface area contributed by atoms with Crippen molar-refractivity contribution in [1.82, 2.24) is 4.90 Å². The number of methoxy groups -OCH3 is 2. The number of hydrogen-bond donors (Lipinski definition) is 1. The number of amides is 2. The fraction of sp³-hybridized carbons (Fsp3) is 0.333. The SMILES string of the molecule is COc1cc(I)c(C(=O)N(C)CC(=O)Nc2c(C)cc(C)cc2C)cc1OC. The first-order chi connectivity index (χ1) is 13.2. The van der Waals surface area contributed by atoms with E-state index in [0.717, 1.165) is 25.9 Å². The van der Waals surface area contributed by atoms with Gasteiger partial charge in [-0.15, -0.1) is 0 Å². The van der Waals surface area contributed by atoms with Crippen molar-refractivity contribution in [1.29, 1.82) is 0 Å². The summed E-state index contributed by atoms with van der Waals surface area (Å²) < 4.78 is 11.3. The fourth-order valence-electron chi connectivity index (χ4n) is 3.07. The number of carbonyl (C=O) groups excluding carboxylic acids is 2. The minimum atomic E-state index is -0.266. The molecule has 0 radical (unpaired) electrons. The second-order valence-corrected chi connectivity index (χ2v) is 7.83. The molecule has 0 saturated heterocycles. The monoisotopic (exact) mass is 496 g/mol. The number of halogens is 1. The molecule has 2 aromatic carbocycles. The molecule has 0 bridgehead atoms. The molecule has 2 rings (SSSR count). The summed E-state index contributed by atoms with van der Waals surface area (Å²) in [5, 5.41) is 2.92. The van der Waals surface area contributed by atoms with E-state index in [1.165, 1.54) is 12.0 Å². The molecule has 0 aliphatic rings. The Morgan fingerprint density at radius 2 is 1.54 bits per heavy atom. The van der Waals surface area contributed by atoms with E-state index in [0.29, 0.717) is 17.1 Å². The Hall–Kier alpha value is -2.29. The Bertz CT molecular complexity index is 889. The molecule has 150 valence electrons. The van der Waals surface area contributed by atoms with Crippen LogP contribution < -0.4 is 14.8 Å². The number of carbonyl (C=O) groups is 2. The number of aryl methyl sites for hydroxylation is 3. The summed E-state index contributed by atoms with van der Waals surface area (Å²) in [5.74, 6) is 0.503. The molecule has 0 atom stereocenters. The van der Waals surface area contributed by atoms with Gasteiger partial charge in [-0.25, -0.2) is 0 Å². The summed E-state index contributed by atoms with van der Waals surface area (Å²) in [6.07, 6.45) is 0. The van der Waals surface area contributed by atoms with E-state index in [9.17, 15) is 9.59 Å². The number of anilines is 1. The molecule has 0 fully saturated rings. The number of nitrogens with one attached hydrogen (secondary N) is 1. The van der Waals surface area contributed by atoms with Crippen molar-refractivity contribution in [2.45, 2.75) is 20.8 Å². The third-order valence-corrected chi connectivity index (χ3v) is 5.27. The fourth-order valence-corrected chi connectivity index (χ4v) is 3.74. The normalized spacial score (nSPS) is 10.4. The molecule has 0 saturated carbocycles. The number of benzene rings is 2. The Kier molecular flexibility index (Phi) is 7.29. The topological polar surface area (TPSA) is 67.9 Å². The molecule has 2 amide bonds. The standard InChI is InChI=1S/C21H25IN2O4/c1-12-7-13(2)20(14(3)8-12)23-19(25)11-24(4)21(26)15-9-17(27-5)18(28-6)10-16(15)22/h7-10H,11H2,1-6H3,(H,23,25). The molecule has 1 N–H and O–H groups in total. The summed E-state index contributed by atoms with van der Waals surface area (Å²) in [5.41, 5.74) is 4.38. The number of ether oxygens (including phenoxy) is 2. The third kappa shape index (κ3) is 4.95. The van der Waals surface area contributed by atoms with Crippen LogP contribution in [0.5, 0.6) is 11.5 Å². The molecule has 7 heteroatoms. The van der Waals surface area contributed by atoms with Gasteiger partial charge in [-0.2, -0.15) is 0 Å². The maximum atomic E-state index is 12.8. The average Bonchev–Trinajstić information content (AvgIpc) is 2.63. The molecule has 28 heavy (non-hydrogen) atoms. The molecule has 0 aliphatic carbocycles. The Balaban J connectivity index is 2.15. The molecular formula is C21H25IN2O4. The van der Waals surface area contributed by atoms with Crippen molar-refractivity contribution in [3.05, 3.63) is 50.1 Å². The van der Waals surface area contributed by atoms with Gasteiger partial charge in [0.1, 0.15) is 0 Å². The van der Waals surface area contributed by atoms with Gasteiger partial charge in [0, 0.05) is 16.3 Å². The Morgan fingerprint density at radius 1 is 1.00 bits per heavy atom. The van der Waals surface area contributed by atoms with E-state index in [-0.39, 0.29) is 18.4 Å². The molecule has 0 unspecified atom stereocenters. The van der Waals surface area contributed by atoms with Crippen LogP contribution in [0.1, 0.15) is 27.0 Å². The van der Waals surface area contributed by atoms with Crippen molar-refractivity contribution in [3.8, 4) is 11.5 Å². The zero-order valence-corrected chi connectivity index (χ0v) is 19.1. The van der Waals surface area contributed by atoms with E-state index in [1.807, 2.05) is 32.9 Å². The third-order valence-electron chi connectivity index (χ3n) is 4.37. The van der Waals surface area contributed by atoms with Crippen LogP contribution in [0, 0.1) is 24.3 Å². The highest BCUT2D eigenvalue weighted by atomic mass is 127. The summed E-state index contributed by atoms with van der Waals surface area (Å²) in [7, 11) is 4.66. The van der Waals surface area contributed by atoms with Gasteiger partial charge in [0.15, 0.2) is 11.5 Å². The first-order valence-corrected chi connectivity index (χ1v) is 9.80. The lowest BCUT2D eigenvalue weighted by molar-refractivity contribution is -0.116. The zero-order valence-electron chi connectivity index (χ0n) is 17.0. The van der Waals surface area contributed by atoms with E-state index >= 15 is 0 Å². The lowest BCUT2D eigenvalue weighted by Crippen LogP contribution is -2.35. The van der Waals surface area contributed by atoms with Crippen molar-refractivity contribution in [2.24, 2.45) is 0 Å². The largest absolute Gasteiger partial charge is 0.493 e. The molecule has 2 aromatic rings. The highest BCUT2D eigenvalue weighted by Crippen LogP contribution is 2.31. The predicted octanol–water partition coefficient (Wildman–Crippen LogP) is 3.94. The van der Waals surface area contributed by atoms with Gasteiger partial charge in [-0.3, -0.25) is 9.59 Å². The number of nitrogens with zero attached hydrogens (tertiary/aromatic N) is 1. The molecule has 0 aromatic heterocycles. The summed E-state index contributed by atoms with van der Waals surface area (Å²) in [6.45, 7) is 5.87. The molecule has 0 heterocycles. The molecule has 0 aliphatic heterocycles. The lowest BCUT2D eigenvalue weighted by Gasteiger charge is -2.20.